The van der Waals surface area contributed by atoms with Crippen LogP contribution in [-0.2, 0) is 19.1 Å². The van der Waals surface area contributed by atoms with E-state index < -0.39 is 17.3 Å². The first-order valence-corrected chi connectivity index (χ1v) is 12.7. The zero-order valence-corrected chi connectivity index (χ0v) is 22.5. The van der Waals surface area contributed by atoms with Crippen molar-refractivity contribution in [2.24, 2.45) is 11.3 Å². The number of carbonyl (C=O) groups is 2. The number of rotatable bonds is 7. The molecule has 2 heterocycles. The van der Waals surface area contributed by atoms with Crippen LogP contribution in [0.2, 0.25) is 5.02 Å². The number of nitrogens with one attached hydrogen (secondary N) is 1. The van der Waals surface area contributed by atoms with Crippen LogP contribution in [0.5, 0.6) is 5.75 Å². The summed E-state index contributed by atoms with van der Waals surface area (Å²) in [6, 6.07) is 3.53. The van der Waals surface area contributed by atoms with Crippen LogP contribution in [-0.4, -0.2) is 54.9 Å². The van der Waals surface area contributed by atoms with Crippen molar-refractivity contribution >= 4 is 23.4 Å². The second-order valence-corrected chi connectivity index (χ2v) is 11.3. The molecule has 2 aliphatic rings. The van der Waals surface area contributed by atoms with Crippen molar-refractivity contribution in [2.45, 2.75) is 72.3 Å². The van der Waals surface area contributed by atoms with Crippen LogP contribution in [0.4, 0.5) is 0 Å². The van der Waals surface area contributed by atoms with Gasteiger partial charge in [0, 0.05) is 29.1 Å². The average molecular weight is 507 g/mol. The molecule has 2 saturated heterocycles. The molecule has 194 valence electrons. The standard InChI is InChI=1S/C27H39ClN2O5/c1-8-13-33-21-15-20(28)17(2)14-19(21)23(29-25(32)26(3,4)5)18-9-11-30(12-10-18)24(31)22-16-34-27(6,7)35-22/h8,14-15,18,22-23H,1,9-13,16H2,2-7H3,(H,29,32)/t22-,23-/m1/s1. The van der Waals surface area contributed by atoms with E-state index in [9.17, 15) is 9.59 Å². The predicted molar refractivity (Wildman–Crippen MR) is 136 cm³/mol. The first kappa shape index (κ1) is 27.5. The van der Waals surface area contributed by atoms with Crippen LogP contribution in [0.15, 0.2) is 24.8 Å². The molecule has 2 aliphatic heterocycles. The van der Waals surface area contributed by atoms with Crippen molar-refractivity contribution in [1.82, 2.24) is 10.2 Å². The fraction of sp³-hybridized carbons (Fsp3) is 0.630. The highest BCUT2D eigenvalue weighted by Crippen LogP contribution is 2.39. The van der Waals surface area contributed by atoms with Gasteiger partial charge in [-0.1, -0.05) is 45.0 Å². The van der Waals surface area contributed by atoms with Gasteiger partial charge in [-0.25, -0.2) is 0 Å². The summed E-state index contributed by atoms with van der Waals surface area (Å²) in [5.41, 5.74) is 1.26. The molecular weight excluding hydrogens is 468 g/mol. The molecule has 8 heteroatoms. The zero-order chi connectivity index (χ0) is 26.0. The van der Waals surface area contributed by atoms with Gasteiger partial charge in [-0.05, 0) is 57.2 Å². The summed E-state index contributed by atoms with van der Waals surface area (Å²) >= 11 is 6.41. The summed E-state index contributed by atoms with van der Waals surface area (Å²) in [4.78, 5) is 27.9. The van der Waals surface area contributed by atoms with Gasteiger partial charge in [0.05, 0.1) is 12.6 Å². The summed E-state index contributed by atoms with van der Waals surface area (Å²) in [5.74, 6) is -0.0651. The van der Waals surface area contributed by atoms with Crippen LogP contribution < -0.4 is 10.1 Å². The number of hydrogen-bond acceptors (Lipinski definition) is 5. The van der Waals surface area contributed by atoms with Crippen molar-refractivity contribution in [1.29, 1.82) is 0 Å². The third-order valence-corrected chi connectivity index (χ3v) is 6.96. The molecule has 7 nitrogen and oxygen atoms in total. The molecular formula is C27H39ClN2O5. The van der Waals surface area contributed by atoms with Crippen molar-refractivity contribution in [3.8, 4) is 5.75 Å². The minimum atomic E-state index is -0.741. The molecule has 0 aliphatic carbocycles. The quantitative estimate of drug-likeness (QED) is 0.537. The highest BCUT2D eigenvalue weighted by Gasteiger charge is 2.41. The Kier molecular flexibility index (Phi) is 8.56. The molecule has 0 unspecified atom stereocenters. The first-order valence-electron chi connectivity index (χ1n) is 12.3. The molecule has 1 aromatic rings. The number of likely N-dealkylation sites (tertiary alicyclic amines) is 1. The van der Waals surface area contributed by atoms with Gasteiger partial charge in [0.2, 0.25) is 5.91 Å². The Hall–Kier alpha value is -2.09. The van der Waals surface area contributed by atoms with E-state index in [1.165, 1.54) is 0 Å². The summed E-state index contributed by atoms with van der Waals surface area (Å²) in [6.07, 6.45) is 2.58. The van der Waals surface area contributed by atoms with Gasteiger partial charge in [-0.15, -0.1) is 0 Å². The summed E-state index contributed by atoms with van der Waals surface area (Å²) in [7, 11) is 0. The number of carbonyl (C=O) groups excluding carboxylic acids is 2. The van der Waals surface area contributed by atoms with Gasteiger partial charge in [0.15, 0.2) is 11.9 Å². The molecule has 3 rings (SSSR count). The fourth-order valence-electron chi connectivity index (χ4n) is 4.48. The second kappa shape index (κ2) is 10.9. The van der Waals surface area contributed by atoms with E-state index in [0.29, 0.717) is 30.5 Å². The van der Waals surface area contributed by atoms with Crippen LogP contribution in [0, 0.1) is 18.3 Å². The molecule has 0 spiro atoms. The third-order valence-electron chi connectivity index (χ3n) is 6.56. The number of benzene rings is 1. The highest BCUT2D eigenvalue weighted by molar-refractivity contribution is 6.31. The number of amides is 2. The number of aryl methyl sites for hydroxylation is 1. The molecule has 1 aromatic carbocycles. The molecule has 0 saturated carbocycles. The maximum absolute atomic E-state index is 13.1. The van der Waals surface area contributed by atoms with Gasteiger partial charge in [0.1, 0.15) is 12.4 Å². The zero-order valence-electron chi connectivity index (χ0n) is 21.8. The smallest absolute Gasteiger partial charge is 0.254 e. The molecule has 35 heavy (non-hydrogen) atoms. The molecule has 0 radical (unpaired) electrons. The number of hydrogen-bond donors (Lipinski definition) is 1. The van der Waals surface area contributed by atoms with Gasteiger partial charge < -0.3 is 24.4 Å². The Morgan fingerprint density at radius 2 is 1.97 bits per heavy atom. The minimum Gasteiger partial charge on any atom is -0.489 e. The predicted octanol–water partition coefficient (Wildman–Crippen LogP) is 4.81. The maximum Gasteiger partial charge on any atom is 0.254 e. The van der Waals surface area contributed by atoms with Gasteiger partial charge in [-0.2, -0.15) is 0 Å². The van der Waals surface area contributed by atoms with E-state index in [1.54, 1.807) is 6.08 Å². The first-order chi connectivity index (χ1) is 16.3. The third kappa shape index (κ3) is 6.78. The Balaban J connectivity index is 1.83. The Morgan fingerprint density at radius 3 is 2.51 bits per heavy atom. The lowest BCUT2D eigenvalue weighted by molar-refractivity contribution is -0.161. The van der Waals surface area contributed by atoms with Crippen LogP contribution in [0.3, 0.4) is 0 Å². The number of halogens is 1. The molecule has 2 atom stereocenters. The maximum atomic E-state index is 13.1. The van der Waals surface area contributed by atoms with Crippen LogP contribution >= 0.6 is 11.6 Å². The van der Waals surface area contributed by atoms with Gasteiger partial charge >= 0.3 is 0 Å². The van der Waals surface area contributed by atoms with Gasteiger partial charge in [0.25, 0.3) is 5.91 Å². The molecule has 0 bridgehead atoms. The second-order valence-electron chi connectivity index (χ2n) is 10.9. The normalized spacial score (nSPS) is 21.5. The minimum absolute atomic E-state index is 0.0398. The topological polar surface area (TPSA) is 77.1 Å². The van der Waals surface area contributed by atoms with E-state index >= 15 is 0 Å². The Labute approximate surface area is 214 Å². The largest absolute Gasteiger partial charge is 0.489 e. The van der Waals surface area contributed by atoms with E-state index in [0.717, 1.165) is 24.0 Å². The highest BCUT2D eigenvalue weighted by atomic mass is 35.5. The lowest BCUT2D eigenvalue weighted by Gasteiger charge is -2.38. The Morgan fingerprint density at radius 1 is 1.31 bits per heavy atom. The number of ether oxygens (including phenoxy) is 3. The Bertz CT molecular complexity index is 948. The van der Waals surface area contributed by atoms with Gasteiger partial charge in [-0.3, -0.25) is 9.59 Å². The van der Waals surface area contributed by atoms with Crippen molar-refractivity contribution in [3.63, 3.8) is 0 Å². The van der Waals surface area contributed by atoms with Crippen molar-refractivity contribution < 1.29 is 23.8 Å². The molecule has 2 amide bonds. The molecule has 1 N–H and O–H groups in total. The monoisotopic (exact) mass is 506 g/mol. The average Bonchev–Trinajstić information content (AvgIpc) is 3.16. The molecule has 0 aromatic heterocycles. The van der Waals surface area contributed by atoms with Crippen LogP contribution in [0.25, 0.3) is 0 Å². The van der Waals surface area contributed by atoms with Crippen molar-refractivity contribution in [2.75, 3.05) is 26.3 Å². The van der Waals surface area contributed by atoms with E-state index in [2.05, 4.69) is 11.9 Å². The summed E-state index contributed by atoms with van der Waals surface area (Å²) in [5, 5.41) is 3.89. The SMILES string of the molecule is C=CCOc1cc(Cl)c(C)cc1[C@H](NC(=O)C(C)(C)C)C1CCN(C(=O)[C@H]2COC(C)(C)O2)CC1. The van der Waals surface area contributed by atoms with Crippen LogP contribution in [0.1, 0.15) is 64.6 Å². The van der Waals surface area contributed by atoms with Crippen molar-refractivity contribution in [3.05, 3.63) is 40.9 Å². The van der Waals surface area contributed by atoms with E-state index in [4.69, 9.17) is 25.8 Å². The van der Waals surface area contributed by atoms with E-state index in [-0.39, 0.29) is 30.4 Å². The lowest BCUT2D eigenvalue weighted by atomic mass is 9.83. The molecule has 2 fully saturated rings. The fourth-order valence-corrected chi connectivity index (χ4v) is 4.63. The number of nitrogens with zero attached hydrogens (tertiary/aromatic N) is 1. The summed E-state index contributed by atoms with van der Waals surface area (Å²) in [6.45, 7) is 16.8. The summed E-state index contributed by atoms with van der Waals surface area (Å²) < 4.78 is 17.3. The lowest BCUT2D eigenvalue weighted by Crippen LogP contribution is -2.48. The van der Waals surface area contributed by atoms with E-state index in [1.807, 2.05) is 58.6 Å². The number of piperidine rings is 1.